The van der Waals surface area contributed by atoms with E-state index in [4.69, 9.17) is 0 Å². The summed E-state index contributed by atoms with van der Waals surface area (Å²) >= 11 is 1.13. The lowest BCUT2D eigenvalue weighted by Gasteiger charge is -2.34. The highest BCUT2D eigenvalue weighted by Gasteiger charge is 2.33. The van der Waals surface area contributed by atoms with Gasteiger partial charge in [0.05, 0.1) is 14.7 Å². The maximum absolute atomic E-state index is 13.0. The Labute approximate surface area is 162 Å². The Hall–Kier alpha value is -1.91. The summed E-state index contributed by atoms with van der Waals surface area (Å²) in [6, 6.07) is 4.09. The van der Waals surface area contributed by atoms with E-state index in [1.54, 1.807) is 24.0 Å². The average molecular weight is 411 g/mol. The summed E-state index contributed by atoms with van der Waals surface area (Å²) in [7, 11) is -1.98. The van der Waals surface area contributed by atoms with E-state index in [1.165, 1.54) is 16.4 Å². The van der Waals surface area contributed by atoms with Gasteiger partial charge in [0.2, 0.25) is 10.0 Å². The number of piperidine rings is 1. The molecule has 0 unspecified atom stereocenters. The van der Waals surface area contributed by atoms with Crippen molar-refractivity contribution in [3.63, 3.8) is 0 Å². The summed E-state index contributed by atoms with van der Waals surface area (Å²) in [4.78, 5) is 15.5. The molecule has 0 radical (unpaired) electrons. The van der Waals surface area contributed by atoms with Crippen LogP contribution in [0.25, 0.3) is 0 Å². The fourth-order valence-electron chi connectivity index (χ4n) is 3.39. The molecule has 8 nitrogen and oxygen atoms in total. The van der Waals surface area contributed by atoms with Gasteiger partial charge >= 0.3 is 0 Å². The Bertz CT molecular complexity index is 948. The quantitative estimate of drug-likeness (QED) is 0.555. The Morgan fingerprint density at radius 3 is 2.48 bits per heavy atom. The number of rotatable bonds is 5. The molecule has 2 atom stereocenters. The smallest absolute Gasteiger partial charge is 0.284 e. The summed E-state index contributed by atoms with van der Waals surface area (Å²) < 4.78 is 29.2. The van der Waals surface area contributed by atoms with E-state index in [-0.39, 0.29) is 22.4 Å². The van der Waals surface area contributed by atoms with Crippen LogP contribution in [0.2, 0.25) is 0 Å². The second-order valence-corrected chi connectivity index (χ2v) is 10.0. The third-order valence-electron chi connectivity index (χ3n) is 4.58. The minimum absolute atomic E-state index is 0.0420. The highest BCUT2D eigenvalue weighted by atomic mass is 32.2. The van der Waals surface area contributed by atoms with E-state index < -0.39 is 14.9 Å². The average Bonchev–Trinajstić information content (AvgIpc) is 2.99. The van der Waals surface area contributed by atoms with Crippen LogP contribution in [0, 0.1) is 22.0 Å². The molecule has 0 N–H and O–H groups in total. The molecule has 1 aromatic carbocycles. The third-order valence-corrected chi connectivity index (χ3v) is 7.55. The van der Waals surface area contributed by atoms with Gasteiger partial charge in [-0.15, -0.1) is 0 Å². The molecular formula is C17H22N4O4S2. The zero-order chi connectivity index (χ0) is 19.8. The third kappa shape index (κ3) is 4.17. The molecule has 1 aliphatic heterocycles. The summed E-state index contributed by atoms with van der Waals surface area (Å²) in [5.41, 5.74) is -0.234. The largest absolute Gasteiger partial charge is 0.329 e. The SMILES string of the molecule is C[C@H]1C[C@H](C)CN(S(=O)(=O)c2ccc(Sc3nccn3C)c([N+](=O)[O-])c2)C1. The molecule has 146 valence electrons. The van der Waals surface area contributed by atoms with Crippen LogP contribution in [0.3, 0.4) is 0 Å². The van der Waals surface area contributed by atoms with Gasteiger partial charge in [-0.2, -0.15) is 4.31 Å². The maximum atomic E-state index is 13.0. The Balaban J connectivity index is 1.96. The number of hydrogen-bond donors (Lipinski definition) is 0. The summed E-state index contributed by atoms with van der Waals surface area (Å²) in [5, 5.41) is 12.1. The predicted octanol–water partition coefficient (Wildman–Crippen LogP) is 3.15. The molecule has 10 heteroatoms. The number of nitrogens with zero attached hydrogens (tertiary/aromatic N) is 4. The lowest BCUT2D eigenvalue weighted by molar-refractivity contribution is -0.388. The molecule has 0 amide bonds. The molecule has 2 heterocycles. The molecule has 1 saturated heterocycles. The normalized spacial score (nSPS) is 21.3. The van der Waals surface area contributed by atoms with Gasteiger partial charge in [0.25, 0.3) is 5.69 Å². The molecule has 0 aliphatic carbocycles. The zero-order valence-electron chi connectivity index (χ0n) is 15.4. The van der Waals surface area contributed by atoms with Gasteiger partial charge in [0.1, 0.15) is 0 Å². The summed E-state index contributed by atoms with van der Waals surface area (Å²) in [6.45, 7) is 4.91. The predicted molar refractivity (Wildman–Crippen MR) is 102 cm³/mol. The van der Waals surface area contributed by atoms with Crippen LogP contribution in [0.4, 0.5) is 5.69 Å². The highest BCUT2D eigenvalue weighted by Crippen LogP contribution is 2.36. The number of nitro benzene ring substituents is 1. The monoisotopic (exact) mass is 410 g/mol. The zero-order valence-corrected chi connectivity index (χ0v) is 17.0. The fraction of sp³-hybridized carbons (Fsp3) is 0.471. The van der Waals surface area contributed by atoms with Crippen LogP contribution in [0.15, 0.2) is 45.5 Å². The lowest BCUT2D eigenvalue weighted by atomic mass is 9.94. The number of hydrogen-bond acceptors (Lipinski definition) is 6. The second kappa shape index (κ2) is 7.61. The maximum Gasteiger partial charge on any atom is 0.284 e. The van der Waals surface area contributed by atoms with E-state index >= 15 is 0 Å². The van der Waals surface area contributed by atoms with Gasteiger partial charge in [-0.05, 0) is 42.2 Å². The van der Waals surface area contributed by atoms with Gasteiger partial charge in [-0.3, -0.25) is 10.1 Å². The van der Waals surface area contributed by atoms with Crippen molar-refractivity contribution in [2.75, 3.05) is 13.1 Å². The summed E-state index contributed by atoms with van der Waals surface area (Å²) in [5.74, 6) is 0.522. The van der Waals surface area contributed by atoms with Gasteiger partial charge < -0.3 is 4.57 Å². The number of sulfonamides is 1. The molecule has 0 spiro atoms. The Kier molecular flexibility index (Phi) is 5.59. The minimum atomic E-state index is -3.77. The van der Waals surface area contributed by atoms with E-state index in [2.05, 4.69) is 4.98 Å². The summed E-state index contributed by atoms with van der Waals surface area (Å²) in [6.07, 6.45) is 4.32. The number of nitro groups is 1. The van der Waals surface area contributed by atoms with Crippen molar-refractivity contribution < 1.29 is 13.3 Å². The first-order valence-electron chi connectivity index (χ1n) is 8.62. The molecule has 27 heavy (non-hydrogen) atoms. The van der Waals surface area contributed by atoms with Crippen LogP contribution >= 0.6 is 11.8 Å². The van der Waals surface area contributed by atoms with Crippen molar-refractivity contribution in [2.24, 2.45) is 18.9 Å². The second-order valence-electron chi connectivity index (χ2n) is 7.08. The minimum Gasteiger partial charge on any atom is -0.329 e. The van der Waals surface area contributed by atoms with Crippen molar-refractivity contribution in [1.82, 2.24) is 13.9 Å². The molecule has 1 aromatic heterocycles. The van der Waals surface area contributed by atoms with Crippen molar-refractivity contribution in [3.8, 4) is 0 Å². The van der Waals surface area contributed by atoms with Crippen LogP contribution in [-0.2, 0) is 17.1 Å². The first-order chi connectivity index (χ1) is 12.7. The van der Waals surface area contributed by atoms with Crippen molar-refractivity contribution in [3.05, 3.63) is 40.7 Å². The highest BCUT2D eigenvalue weighted by molar-refractivity contribution is 7.99. The first-order valence-corrected chi connectivity index (χ1v) is 10.9. The Morgan fingerprint density at radius 1 is 1.26 bits per heavy atom. The number of benzene rings is 1. The van der Waals surface area contributed by atoms with Crippen LogP contribution in [0.1, 0.15) is 20.3 Å². The molecule has 2 aromatic rings. The number of aromatic nitrogens is 2. The first kappa shape index (κ1) is 19.8. The topological polar surface area (TPSA) is 98.3 Å². The fourth-order valence-corrected chi connectivity index (χ4v) is 5.98. The molecule has 1 fully saturated rings. The van der Waals surface area contributed by atoms with Gasteiger partial charge in [-0.1, -0.05) is 13.8 Å². The van der Waals surface area contributed by atoms with E-state index in [0.29, 0.717) is 23.1 Å². The van der Waals surface area contributed by atoms with E-state index in [1.807, 2.05) is 13.8 Å². The Morgan fingerprint density at radius 2 is 1.93 bits per heavy atom. The lowest BCUT2D eigenvalue weighted by Crippen LogP contribution is -2.42. The van der Waals surface area contributed by atoms with Gasteiger partial charge in [0.15, 0.2) is 5.16 Å². The van der Waals surface area contributed by atoms with Gasteiger partial charge in [-0.25, -0.2) is 13.4 Å². The molecular weight excluding hydrogens is 388 g/mol. The molecule has 3 rings (SSSR count). The molecule has 0 bridgehead atoms. The van der Waals surface area contributed by atoms with E-state index in [0.717, 1.165) is 24.2 Å². The number of imidazole rings is 1. The van der Waals surface area contributed by atoms with Gasteiger partial charge in [0, 0.05) is 38.6 Å². The number of aryl methyl sites for hydroxylation is 1. The standard InChI is InChI=1S/C17H22N4O4S2/c1-12-8-13(2)11-20(10-12)27(24,25)14-4-5-16(15(9-14)21(22)23)26-17-18-6-7-19(17)3/h4-7,9,12-13H,8,10-11H2,1-3H3/t12-,13-/m0/s1. The van der Waals surface area contributed by atoms with Crippen LogP contribution < -0.4 is 0 Å². The van der Waals surface area contributed by atoms with Crippen molar-refractivity contribution in [2.45, 2.75) is 35.2 Å². The molecule has 0 saturated carbocycles. The van der Waals surface area contributed by atoms with Crippen molar-refractivity contribution in [1.29, 1.82) is 0 Å². The van der Waals surface area contributed by atoms with Crippen LogP contribution in [-0.4, -0.2) is 40.3 Å². The molecule has 1 aliphatic rings. The van der Waals surface area contributed by atoms with Crippen molar-refractivity contribution >= 4 is 27.5 Å². The van der Waals surface area contributed by atoms with E-state index in [9.17, 15) is 18.5 Å². The van der Waals surface area contributed by atoms with Crippen LogP contribution in [0.5, 0.6) is 0 Å².